The summed E-state index contributed by atoms with van der Waals surface area (Å²) in [5.41, 5.74) is -1.49. The molecule has 0 spiro atoms. The van der Waals surface area contributed by atoms with Gasteiger partial charge in [0.1, 0.15) is 0 Å². The maximum atomic E-state index is 11.5. The molecule has 0 fully saturated rings. The first-order valence-corrected chi connectivity index (χ1v) is 4.79. The number of hydrogen-bond acceptors (Lipinski definition) is 5. The predicted octanol–water partition coefficient (Wildman–Crippen LogP) is 0.140. The van der Waals surface area contributed by atoms with Gasteiger partial charge in [0.2, 0.25) is 5.88 Å². The van der Waals surface area contributed by atoms with E-state index in [1.54, 1.807) is 0 Å². The van der Waals surface area contributed by atoms with E-state index >= 15 is 0 Å². The van der Waals surface area contributed by atoms with Gasteiger partial charge in [-0.15, -0.1) is 0 Å². The van der Waals surface area contributed by atoms with E-state index in [0.717, 1.165) is 10.6 Å². The van der Waals surface area contributed by atoms with Gasteiger partial charge in [0.25, 0.3) is 11.2 Å². The number of nitro benzene ring substituents is 1. The summed E-state index contributed by atoms with van der Waals surface area (Å²) < 4.78 is 0.825. The molecule has 0 aliphatic heterocycles. The van der Waals surface area contributed by atoms with Crippen molar-refractivity contribution in [2.75, 3.05) is 0 Å². The Morgan fingerprint density at radius 3 is 2.33 bits per heavy atom. The van der Waals surface area contributed by atoms with Crippen molar-refractivity contribution < 1.29 is 10.0 Å². The van der Waals surface area contributed by atoms with E-state index in [4.69, 9.17) is 0 Å². The Morgan fingerprint density at radius 1 is 1.22 bits per heavy atom. The Balaban J connectivity index is 2.59. The van der Waals surface area contributed by atoms with Crippen molar-refractivity contribution in [1.29, 1.82) is 0 Å². The number of aromatic nitrogens is 2. The number of hydrogen-bond donors (Lipinski definition) is 2. The predicted molar refractivity (Wildman–Crippen MR) is 61.0 cm³/mol. The van der Waals surface area contributed by atoms with Gasteiger partial charge in [-0.1, -0.05) is 0 Å². The summed E-state index contributed by atoms with van der Waals surface area (Å²) in [4.78, 5) is 34.3. The van der Waals surface area contributed by atoms with Gasteiger partial charge in [0.05, 0.1) is 16.7 Å². The Morgan fingerprint density at radius 2 is 1.83 bits per heavy atom. The lowest BCUT2D eigenvalue weighted by atomic mass is 10.3. The van der Waals surface area contributed by atoms with Crippen molar-refractivity contribution in [3.05, 3.63) is 61.3 Å². The van der Waals surface area contributed by atoms with Crippen LogP contribution in [-0.4, -0.2) is 19.6 Å². The number of H-pyrrole nitrogens is 1. The summed E-state index contributed by atoms with van der Waals surface area (Å²) in [6.07, 6.45) is 0. The van der Waals surface area contributed by atoms with Crippen LogP contribution in [0.2, 0.25) is 0 Å². The SMILES string of the molecule is O=c1cc(O)n(-c2ccc([N+](=O)[O-])cc2)c(=O)[nH]1. The van der Waals surface area contributed by atoms with E-state index in [-0.39, 0.29) is 11.4 Å². The summed E-state index contributed by atoms with van der Waals surface area (Å²) in [6.45, 7) is 0. The van der Waals surface area contributed by atoms with Crippen molar-refractivity contribution in [2.45, 2.75) is 0 Å². The number of nitrogens with one attached hydrogen (secondary N) is 1. The Bertz CT molecular complexity index is 714. The molecule has 1 aromatic heterocycles. The molecule has 1 heterocycles. The molecule has 0 bridgehead atoms. The molecular weight excluding hydrogens is 242 g/mol. The summed E-state index contributed by atoms with van der Waals surface area (Å²) >= 11 is 0. The van der Waals surface area contributed by atoms with E-state index in [1.807, 2.05) is 4.98 Å². The van der Waals surface area contributed by atoms with Crippen molar-refractivity contribution >= 4 is 5.69 Å². The minimum atomic E-state index is -0.825. The highest BCUT2D eigenvalue weighted by molar-refractivity contribution is 5.42. The first-order chi connectivity index (χ1) is 8.49. The highest BCUT2D eigenvalue weighted by Crippen LogP contribution is 2.16. The van der Waals surface area contributed by atoms with Gasteiger partial charge in [-0.2, -0.15) is 0 Å². The Kier molecular flexibility index (Phi) is 2.68. The van der Waals surface area contributed by atoms with E-state index < -0.39 is 22.1 Å². The van der Waals surface area contributed by atoms with Crippen LogP contribution in [0.15, 0.2) is 39.9 Å². The molecule has 2 aromatic rings. The number of nitro groups is 1. The van der Waals surface area contributed by atoms with Crippen molar-refractivity contribution in [3.8, 4) is 11.6 Å². The lowest BCUT2D eigenvalue weighted by Crippen LogP contribution is -2.27. The highest BCUT2D eigenvalue weighted by atomic mass is 16.6. The van der Waals surface area contributed by atoms with Crippen LogP contribution < -0.4 is 11.2 Å². The van der Waals surface area contributed by atoms with E-state index in [0.29, 0.717) is 0 Å². The molecule has 2 rings (SSSR count). The number of rotatable bonds is 2. The number of aromatic hydroxyl groups is 1. The highest BCUT2D eigenvalue weighted by Gasteiger charge is 2.09. The lowest BCUT2D eigenvalue weighted by Gasteiger charge is -2.06. The van der Waals surface area contributed by atoms with E-state index in [2.05, 4.69) is 0 Å². The third-order valence-corrected chi connectivity index (χ3v) is 2.24. The van der Waals surface area contributed by atoms with Crippen LogP contribution in [0.25, 0.3) is 5.69 Å². The molecule has 8 nitrogen and oxygen atoms in total. The lowest BCUT2D eigenvalue weighted by molar-refractivity contribution is -0.384. The first kappa shape index (κ1) is 11.6. The molecular formula is C10H7N3O5. The summed E-state index contributed by atoms with van der Waals surface area (Å²) in [7, 11) is 0. The number of non-ortho nitro benzene ring substituents is 1. The fourth-order valence-electron chi connectivity index (χ4n) is 1.46. The zero-order valence-electron chi connectivity index (χ0n) is 8.86. The number of nitrogens with zero attached hydrogens (tertiary/aromatic N) is 2. The average molecular weight is 249 g/mol. The number of benzene rings is 1. The molecule has 0 saturated heterocycles. The van der Waals surface area contributed by atoms with Gasteiger partial charge in [-0.3, -0.25) is 19.9 Å². The fraction of sp³-hybridized carbons (Fsp3) is 0. The third-order valence-electron chi connectivity index (χ3n) is 2.24. The van der Waals surface area contributed by atoms with Crippen LogP contribution in [0.1, 0.15) is 0 Å². The number of aromatic amines is 1. The van der Waals surface area contributed by atoms with Crippen molar-refractivity contribution in [3.63, 3.8) is 0 Å². The van der Waals surface area contributed by atoms with Crippen LogP contribution in [0.4, 0.5) is 5.69 Å². The maximum absolute atomic E-state index is 11.5. The van der Waals surface area contributed by atoms with Gasteiger partial charge in [-0.05, 0) is 12.1 Å². The molecule has 0 radical (unpaired) electrons. The second-order valence-electron chi connectivity index (χ2n) is 3.41. The molecule has 8 heteroatoms. The molecule has 92 valence electrons. The molecule has 0 atom stereocenters. The molecule has 0 saturated carbocycles. The normalized spacial score (nSPS) is 10.2. The van der Waals surface area contributed by atoms with Crippen LogP contribution in [0.3, 0.4) is 0 Å². The van der Waals surface area contributed by atoms with Crippen LogP contribution in [-0.2, 0) is 0 Å². The standard InChI is InChI=1S/C10H7N3O5/c14-8-5-9(15)12(10(16)11-8)6-1-3-7(4-2-6)13(17)18/h1-5,15H,(H,11,14,16). The molecule has 1 aromatic carbocycles. The first-order valence-electron chi connectivity index (χ1n) is 4.79. The Labute approximate surface area is 98.9 Å². The van der Waals surface area contributed by atoms with Gasteiger partial charge < -0.3 is 5.11 Å². The monoisotopic (exact) mass is 249 g/mol. The maximum Gasteiger partial charge on any atom is 0.335 e. The van der Waals surface area contributed by atoms with Crippen LogP contribution in [0, 0.1) is 10.1 Å². The van der Waals surface area contributed by atoms with Crippen molar-refractivity contribution in [1.82, 2.24) is 9.55 Å². The smallest absolute Gasteiger partial charge is 0.335 e. The molecule has 0 unspecified atom stereocenters. The summed E-state index contributed by atoms with van der Waals surface area (Å²) in [6, 6.07) is 5.79. The van der Waals surface area contributed by atoms with E-state index in [9.17, 15) is 24.8 Å². The zero-order valence-corrected chi connectivity index (χ0v) is 8.86. The zero-order chi connectivity index (χ0) is 13.3. The average Bonchev–Trinajstić information content (AvgIpc) is 2.28. The largest absolute Gasteiger partial charge is 0.494 e. The summed E-state index contributed by atoms with van der Waals surface area (Å²) in [5, 5.41) is 20.0. The van der Waals surface area contributed by atoms with Gasteiger partial charge in [-0.25, -0.2) is 9.36 Å². The van der Waals surface area contributed by atoms with Gasteiger partial charge >= 0.3 is 5.69 Å². The second-order valence-corrected chi connectivity index (χ2v) is 3.41. The third kappa shape index (κ3) is 1.98. The Hall–Kier alpha value is -2.90. The fourth-order valence-corrected chi connectivity index (χ4v) is 1.46. The summed E-state index contributed by atoms with van der Waals surface area (Å²) in [5.74, 6) is -0.544. The molecule has 0 amide bonds. The molecule has 0 aliphatic rings. The molecule has 2 N–H and O–H groups in total. The minimum Gasteiger partial charge on any atom is -0.494 e. The van der Waals surface area contributed by atoms with E-state index in [1.165, 1.54) is 24.3 Å². The second kappa shape index (κ2) is 4.17. The quantitative estimate of drug-likeness (QED) is 0.579. The molecule has 18 heavy (non-hydrogen) atoms. The van der Waals surface area contributed by atoms with Crippen molar-refractivity contribution in [2.24, 2.45) is 0 Å². The van der Waals surface area contributed by atoms with Gasteiger partial charge in [0, 0.05) is 12.1 Å². The van der Waals surface area contributed by atoms with Gasteiger partial charge in [0.15, 0.2) is 0 Å². The molecule has 0 aliphatic carbocycles. The topological polar surface area (TPSA) is 118 Å². The van der Waals surface area contributed by atoms with Crippen LogP contribution >= 0.6 is 0 Å². The van der Waals surface area contributed by atoms with Crippen LogP contribution in [0.5, 0.6) is 5.88 Å². The minimum absolute atomic E-state index is 0.143.